The van der Waals surface area contributed by atoms with Gasteiger partial charge >= 0.3 is 12.1 Å². The van der Waals surface area contributed by atoms with Gasteiger partial charge in [0.2, 0.25) is 0 Å². The highest BCUT2D eigenvalue weighted by Gasteiger charge is 2.31. The van der Waals surface area contributed by atoms with Crippen LogP contribution in [0.4, 0.5) is 18.9 Å². The summed E-state index contributed by atoms with van der Waals surface area (Å²) in [6, 6.07) is 15.4. The van der Waals surface area contributed by atoms with Gasteiger partial charge in [-0.25, -0.2) is 9.78 Å². The lowest BCUT2D eigenvalue weighted by atomic mass is 10.0. The normalized spacial score (nSPS) is 11.5. The number of nitrogens with zero attached hydrogens (tertiary/aromatic N) is 2. The first-order chi connectivity index (χ1) is 14.8. The van der Waals surface area contributed by atoms with Gasteiger partial charge in [-0.3, -0.25) is 4.98 Å². The number of aromatic nitrogens is 2. The van der Waals surface area contributed by atoms with Gasteiger partial charge in [-0.2, -0.15) is 13.2 Å². The summed E-state index contributed by atoms with van der Waals surface area (Å²) in [6.07, 6.45) is -2.94. The van der Waals surface area contributed by atoms with Crippen molar-refractivity contribution < 1.29 is 23.1 Å². The van der Waals surface area contributed by atoms with Gasteiger partial charge in [-0.05, 0) is 48.0 Å². The van der Waals surface area contributed by atoms with Crippen LogP contribution in [0.5, 0.6) is 0 Å². The van der Waals surface area contributed by atoms with Crippen LogP contribution < -0.4 is 5.32 Å². The molecule has 5 nitrogen and oxygen atoms in total. The Morgan fingerprint density at radius 1 is 0.935 bits per heavy atom. The van der Waals surface area contributed by atoms with Gasteiger partial charge in [0.25, 0.3) is 0 Å². The molecule has 0 saturated carbocycles. The van der Waals surface area contributed by atoms with Crippen LogP contribution in [0.3, 0.4) is 0 Å². The summed E-state index contributed by atoms with van der Waals surface area (Å²) >= 11 is 0. The first-order valence-corrected chi connectivity index (χ1v) is 9.26. The molecule has 0 unspecified atom stereocenters. The third-order valence-corrected chi connectivity index (χ3v) is 4.90. The standard InChI is InChI=1S/C23H16F3N3O2/c1-27-16-6-2-13(3-7-16)14-4-8-20(28-12-14)21-11-18(22(30)31)17-10-15(23(24,25)26)5-9-19(17)29-21/h2-12,27H,1H3,(H,30,31). The van der Waals surface area contributed by atoms with Gasteiger partial charge in [-0.1, -0.05) is 18.2 Å². The summed E-state index contributed by atoms with van der Waals surface area (Å²) in [4.78, 5) is 20.4. The van der Waals surface area contributed by atoms with Crippen LogP contribution in [0.1, 0.15) is 15.9 Å². The van der Waals surface area contributed by atoms with E-state index in [4.69, 9.17) is 0 Å². The first-order valence-electron chi connectivity index (χ1n) is 9.26. The van der Waals surface area contributed by atoms with E-state index in [2.05, 4.69) is 15.3 Å². The van der Waals surface area contributed by atoms with Crippen molar-refractivity contribution in [2.75, 3.05) is 12.4 Å². The molecule has 0 saturated heterocycles. The predicted octanol–water partition coefficient (Wildman–Crippen LogP) is 5.72. The summed E-state index contributed by atoms with van der Waals surface area (Å²) in [5, 5.41) is 12.5. The molecule has 0 amide bonds. The molecule has 0 aliphatic carbocycles. The molecular weight excluding hydrogens is 407 g/mol. The zero-order valence-electron chi connectivity index (χ0n) is 16.2. The third kappa shape index (κ3) is 4.05. The Morgan fingerprint density at radius 3 is 2.23 bits per heavy atom. The number of aromatic carboxylic acids is 1. The highest BCUT2D eigenvalue weighted by atomic mass is 19.4. The van der Waals surface area contributed by atoms with Crippen molar-refractivity contribution in [3.63, 3.8) is 0 Å². The average molecular weight is 423 g/mol. The zero-order chi connectivity index (χ0) is 22.2. The van der Waals surface area contributed by atoms with Gasteiger partial charge in [0.1, 0.15) is 0 Å². The van der Waals surface area contributed by atoms with E-state index in [0.717, 1.165) is 28.9 Å². The topological polar surface area (TPSA) is 75.1 Å². The molecule has 0 atom stereocenters. The lowest BCUT2D eigenvalue weighted by Gasteiger charge is -2.11. The van der Waals surface area contributed by atoms with E-state index in [1.54, 1.807) is 12.3 Å². The van der Waals surface area contributed by atoms with E-state index in [0.29, 0.717) is 5.69 Å². The van der Waals surface area contributed by atoms with Crippen molar-refractivity contribution in [3.8, 4) is 22.5 Å². The molecule has 2 N–H and O–H groups in total. The number of rotatable bonds is 4. The SMILES string of the molecule is CNc1ccc(-c2ccc(-c3cc(C(=O)O)c4cc(C(F)(F)F)ccc4n3)nc2)cc1. The second kappa shape index (κ2) is 7.71. The average Bonchev–Trinajstić information content (AvgIpc) is 2.77. The summed E-state index contributed by atoms with van der Waals surface area (Å²) in [6.45, 7) is 0. The van der Waals surface area contributed by atoms with Crippen molar-refractivity contribution in [1.82, 2.24) is 9.97 Å². The fourth-order valence-corrected chi connectivity index (χ4v) is 3.26. The number of anilines is 1. The lowest BCUT2D eigenvalue weighted by molar-refractivity contribution is -0.137. The Labute approximate surface area is 175 Å². The van der Waals surface area contributed by atoms with E-state index < -0.39 is 17.7 Å². The van der Waals surface area contributed by atoms with Crippen LogP contribution >= 0.6 is 0 Å². The molecule has 0 spiro atoms. The number of benzene rings is 2. The number of carboxylic acids is 1. The maximum absolute atomic E-state index is 13.0. The van der Waals surface area contributed by atoms with Gasteiger partial charge < -0.3 is 10.4 Å². The predicted molar refractivity (Wildman–Crippen MR) is 112 cm³/mol. The summed E-state index contributed by atoms with van der Waals surface area (Å²) in [5.74, 6) is -1.34. The van der Waals surface area contributed by atoms with Crippen LogP contribution in [0.2, 0.25) is 0 Å². The van der Waals surface area contributed by atoms with Gasteiger partial charge in [0, 0.05) is 29.9 Å². The number of hydrogen-bond donors (Lipinski definition) is 2. The minimum atomic E-state index is -4.58. The second-order valence-corrected chi connectivity index (χ2v) is 6.85. The van der Waals surface area contributed by atoms with Crippen LogP contribution in [-0.2, 0) is 6.18 Å². The van der Waals surface area contributed by atoms with Crippen LogP contribution in [0, 0.1) is 0 Å². The minimum absolute atomic E-state index is 0.0766. The molecule has 2 aromatic carbocycles. The molecule has 2 heterocycles. The highest BCUT2D eigenvalue weighted by Crippen LogP contribution is 2.33. The van der Waals surface area contributed by atoms with Crippen molar-refractivity contribution in [3.05, 3.63) is 78.0 Å². The minimum Gasteiger partial charge on any atom is -0.478 e. The second-order valence-electron chi connectivity index (χ2n) is 6.85. The van der Waals surface area contributed by atoms with Gasteiger partial charge in [-0.15, -0.1) is 0 Å². The maximum atomic E-state index is 13.0. The van der Waals surface area contributed by atoms with Crippen LogP contribution in [-0.4, -0.2) is 28.1 Å². The number of halogens is 3. The van der Waals surface area contributed by atoms with Crippen molar-refractivity contribution in [1.29, 1.82) is 0 Å². The first kappa shape index (κ1) is 20.3. The number of fused-ring (bicyclic) bond motifs is 1. The Kier molecular flexibility index (Phi) is 5.06. The van der Waals surface area contributed by atoms with E-state index in [9.17, 15) is 23.1 Å². The Balaban J connectivity index is 1.76. The van der Waals surface area contributed by atoms with Gasteiger partial charge in [0.05, 0.1) is 28.0 Å². The molecule has 0 radical (unpaired) electrons. The molecule has 2 aromatic heterocycles. The zero-order valence-corrected chi connectivity index (χ0v) is 16.2. The molecule has 4 aromatic rings. The van der Waals surface area contributed by atoms with E-state index in [1.807, 2.05) is 37.4 Å². The third-order valence-electron chi connectivity index (χ3n) is 4.90. The monoisotopic (exact) mass is 423 g/mol. The largest absolute Gasteiger partial charge is 0.478 e. The number of pyridine rings is 2. The smallest absolute Gasteiger partial charge is 0.416 e. The Morgan fingerprint density at radius 2 is 1.65 bits per heavy atom. The number of hydrogen-bond acceptors (Lipinski definition) is 4. The molecule has 4 rings (SSSR count). The summed E-state index contributed by atoms with van der Waals surface area (Å²) < 4.78 is 39.1. The number of carbonyl (C=O) groups is 1. The van der Waals surface area contributed by atoms with E-state index in [1.165, 1.54) is 12.1 Å². The molecular formula is C23H16F3N3O2. The molecule has 0 fully saturated rings. The molecule has 8 heteroatoms. The number of nitrogens with one attached hydrogen (secondary N) is 1. The Bertz CT molecular complexity index is 1270. The van der Waals surface area contributed by atoms with E-state index in [-0.39, 0.29) is 22.2 Å². The van der Waals surface area contributed by atoms with Crippen molar-refractivity contribution in [2.45, 2.75) is 6.18 Å². The highest BCUT2D eigenvalue weighted by molar-refractivity contribution is 6.03. The Hall–Kier alpha value is -3.94. The molecule has 0 aliphatic heterocycles. The van der Waals surface area contributed by atoms with Crippen LogP contribution in [0.25, 0.3) is 33.4 Å². The fraction of sp³-hybridized carbons (Fsp3) is 0.0870. The van der Waals surface area contributed by atoms with Crippen LogP contribution in [0.15, 0.2) is 66.9 Å². The quantitative estimate of drug-likeness (QED) is 0.439. The fourth-order valence-electron chi connectivity index (χ4n) is 3.26. The number of alkyl halides is 3. The molecule has 0 aliphatic rings. The van der Waals surface area contributed by atoms with Crippen molar-refractivity contribution in [2.24, 2.45) is 0 Å². The molecule has 0 bridgehead atoms. The summed E-state index contributed by atoms with van der Waals surface area (Å²) in [7, 11) is 1.83. The maximum Gasteiger partial charge on any atom is 0.416 e. The van der Waals surface area contributed by atoms with E-state index >= 15 is 0 Å². The molecule has 31 heavy (non-hydrogen) atoms. The lowest BCUT2D eigenvalue weighted by Crippen LogP contribution is -2.06. The number of carboxylic acid groups (broad SMARTS) is 1. The summed E-state index contributed by atoms with van der Waals surface area (Å²) in [5.41, 5.74) is 2.43. The van der Waals surface area contributed by atoms with Crippen molar-refractivity contribution >= 4 is 22.6 Å². The van der Waals surface area contributed by atoms with Gasteiger partial charge in [0.15, 0.2) is 0 Å². The molecule has 156 valence electrons.